The molecule has 1 aliphatic rings. The molecule has 1 fully saturated rings. The first-order valence-electron chi connectivity index (χ1n) is 7.05. The summed E-state index contributed by atoms with van der Waals surface area (Å²) in [6.07, 6.45) is 0.716. The van der Waals surface area contributed by atoms with Gasteiger partial charge in [-0.15, -0.1) is 0 Å². The van der Waals surface area contributed by atoms with E-state index >= 15 is 0 Å². The van der Waals surface area contributed by atoms with Crippen LogP contribution >= 0.6 is 0 Å². The molecular weight excluding hydrogens is 248 g/mol. The van der Waals surface area contributed by atoms with Crippen LogP contribution in [0, 0.1) is 17.2 Å². The van der Waals surface area contributed by atoms with Gasteiger partial charge in [-0.2, -0.15) is 5.26 Å². The number of rotatable bonds is 1. The molecule has 3 rings (SSSR count). The molecule has 1 N–H and O–H groups in total. The van der Waals surface area contributed by atoms with Gasteiger partial charge in [-0.3, -0.25) is 0 Å². The number of fused-ring (bicyclic) bond motifs is 1. The zero-order valence-electron chi connectivity index (χ0n) is 11.6. The second-order valence-electron chi connectivity index (χ2n) is 5.57. The van der Waals surface area contributed by atoms with Gasteiger partial charge in [0.1, 0.15) is 0 Å². The Morgan fingerprint density at radius 1 is 1.20 bits per heavy atom. The van der Waals surface area contributed by atoms with Crippen LogP contribution in [0.3, 0.4) is 0 Å². The molecule has 1 saturated heterocycles. The normalized spacial score (nSPS) is 22.8. The number of aliphatic hydroxyl groups excluding tert-OH is 1. The lowest BCUT2D eigenvalue weighted by Crippen LogP contribution is -2.43. The van der Waals surface area contributed by atoms with Gasteiger partial charge in [0.25, 0.3) is 0 Å². The van der Waals surface area contributed by atoms with Gasteiger partial charge in [0.2, 0.25) is 0 Å². The molecule has 2 unspecified atom stereocenters. The first kappa shape index (κ1) is 13.0. The summed E-state index contributed by atoms with van der Waals surface area (Å²) in [5, 5.41) is 21.4. The van der Waals surface area contributed by atoms with Gasteiger partial charge in [-0.1, -0.05) is 31.2 Å². The predicted molar refractivity (Wildman–Crippen MR) is 80.7 cm³/mol. The predicted octanol–water partition coefficient (Wildman–Crippen LogP) is 2.92. The van der Waals surface area contributed by atoms with E-state index in [0.717, 1.165) is 29.4 Å². The SMILES string of the molecule is CC1CCN(c2ccc(C#N)c3ccccc23)CC1O. The molecule has 0 spiro atoms. The van der Waals surface area contributed by atoms with Crippen LogP contribution in [0.25, 0.3) is 10.8 Å². The van der Waals surface area contributed by atoms with Gasteiger partial charge in [-0.25, -0.2) is 0 Å². The number of hydrogen-bond acceptors (Lipinski definition) is 3. The van der Waals surface area contributed by atoms with Crippen LogP contribution in [0.1, 0.15) is 18.9 Å². The Morgan fingerprint density at radius 2 is 1.95 bits per heavy atom. The molecule has 0 aromatic heterocycles. The number of hydrogen-bond donors (Lipinski definition) is 1. The highest BCUT2D eigenvalue weighted by Gasteiger charge is 2.25. The molecule has 2 atom stereocenters. The Morgan fingerprint density at radius 3 is 2.65 bits per heavy atom. The Kier molecular flexibility index (Phi) is 3.33. The van der Waals surface area contributed by atoms with E-state index in [1.165, 1.54) is 0 Å². The van der Waals surface area contributed by atoms with E-state index in [1.54, 1.807) is 0 Å². The molecule has 2 aromatic carbocycles. The largest absolute Gasteiger partial charge is 0.391 e. The van der Waals surface area contributed by atoms with Crippen LogP contribution in [0.5, 0.6) is 0 Å². The average Bonchev–Trinajstić information content (AvgIpc) is 2.49. The number of benzene rings is 2. The maximum atomic E-state index is 10.1. The Labute approximate surface area is 119 Å². The smallest absolute Gasteiger partial charge is 0.0998 e. The molecule has 1 aliphatic heterocycles. The minimum absolute atomic E-state index is 0.279. The van der Waals surface area contributed by atoms with Crippen molar-refractivity contribution >= 4 is 16.5 Å². The fourth-order valence-corrected chi connectivity index (χ4v) is 2.92. The van der Waals surface area contributed by atoms with Crippen molar-refractivity contribution in [3.8, 4) is 6.07 Å². The third-order valence-corrected chi connectivity index (χ3v) is 4.28. The summed E-state index contributed by atoms with van der Waals surface area (Å²) in [7, 11) is 0. The van der Waals surface area contributed by atoms with Gasteiger partial charge in [0, 0.05) is 29.5 Å². The second kappa shape index (κ2) is 5.15. The Hall–Kier alpha value is -2.05. The quantitative estimate of drug-likeness (QED) is 0.863. The second-order valence-corrected chi connectivity index (χ2v) is 5.57. The molecule has 0 radical (unpaired) electrons. The molecule has 0 bridgehead atoms. The monoisotopic (exact) mass is 266 g/mol. The van der Waals surface area contributed by atoms with Crippen molar-refractivity contribution in [3.05, 3.63) is 42.0 Å². The molecule has 0 saturated carbocycles. The van der Waals surface area contributed by atoms with E-state index in [-0.39, 0.29) is 6.10 Å². The fraction of sp³-hybridized carbons (Fsp3) is 0.353. The summed E-state index contributed by atoms with van der Waals surface area (Å²) in [6.45, 7) is 3.71. The van der Waals surface area contributed by atoms with Crippen LogP contribution < -0.4 is 4.90 Å². The van der Waals surface area contributed by atoms with Crippen molar-refractivity contribution in [1.82, 2.24) is 0 Å². The van der Waals surface area contributed by atoms with E-state index in [2.05, 4.69) is 24.0 Å². The Bertz CT molecular complexity index is 674. The van der Waals surface area contributed by atoms with Crippen molar-refractivity contribution in [1.29, 1.82) is 5.26 Å². The molecule has 3 nitrogen and oxygen atoms in total. The van der Waals surface area contributed by atoms with E-state index < -0.39 is 0 Å². The lowest BCUT2D eigenvalue weighted by Gasteiger charge is -2.36. The molecule has 20 heavy (non-hydrogen) atoms. The van der Waals surface area contributed by atoms with Gasteiger partial charge >= 0.3 is 0 Å². The molecule has 2 aromatic rings. The number of anilines is 1. The van der Waals surface area contributed by atoms with Gasteiger partial charge in [-0.05, 0) is 24.5 Å². The van der Waals surface area contributed by atoms with Crippen molar-refractivity contribution < 1.29 is 5.11 Å². The van der Waals surface area contributed by atoms with Crippen molar-refractivity contribution in [3.63, 3.8) is 0 Å². The summed E-state index contributed by atoms with van der Waals surface area (Å²) in [5.41, 5.74) is 1.82. The van der Waals surface area contributed by atoms with E-state index in [9.17, 15) is 10.4 Å². The third-order valence-electron chi connectivity index (χ3n) is 4.28. The zero-order valence-corrected chi connectivity index (χ0v) is 11.6. The summed E-state index contributed by atoms with van der Waals surface area (Å²) < 4.78 is 0. The van der Waals surface area contributed by atoms with Crippen LogP contribution in [0.4, 0.5) is 5.69 Å². The highest BCUT2D eigenvalue weighted by atomic mass is 16.3. The van der Waals surface area contributed by atoms with E-state index in [1.807, 2.05) is 30.3 Å². The maximum absolute atomic E-state index is 10.1. The highest BCUT2D eigenvalue weighted by Crippen LogP contribution is 2.32. The maximum Gasteiger partial charge on any atom is 0.0998 e. The number of β-amino-alcohol motifs (C(OH)–C–C–N with tert-alkyl or cyclic N) is 1. The van der Waals surface area contributed by atoms with Crippen LogP contribution in [0.15, 0.2) is 36.4 Å². The summed E-state index contributed by atoms with van der Waals surface area (Å²) in [6, 6.07) is 14.1. The lowest BCUT2D eigenvalue weighted by atomic mass is 9.94. The van der Waals surface area contributed by atoms with Crippen molar-refractivity contribution in [2.45, 2.75) is 19.4 Å². The van der Waals surface area contributed by atoms with E-state index in [4.69, 9.17) is 0 Å². The minimum atomic E-state index is -0.279. The molecule has 0 amide bonds. The van der Waals surface area contributed by atoms with Crippen LogP contribution in [-0.4, -0.2) is 24.3 Å². The van der Waals surface area contributed by atoms with Crippen LogP contribution in [0.2, 0.25) is 0 Å². The average molecular weight is 266 g/mol. The highest BCUT2D eigenvalue weighted by molar-refractivity contribution is 5.97. The molecular formula is C17H18N2O. The molecule has 3 heteroatoms. The van der Waals surface area contributed by atoms with Gasteiger partial charge in [0.05, 0.1) is 17.7 Å². The zero-order chi connectivity index (χ0) is 14.1. The number of aliphatic hydroxyl groups is 1. The third kappa shape index (κ3) is 2.13. The fourth-order valence-electron chi connectivity index (χ4n) is 2.92. The van der Waals surface area contributed by atoms with Crippen LogP contribution in [-0.2, 0) is 0 Å². The number of nitriles is 1. The van der Waals surface area contributed by atoms with Gasteiger partial charge in [0.15, 0.2) is 0 Å². The molecule has 1 heterocycles. The summed E-state index contributed by atoms with van der Waals surface area (Å²) >= 11 is 0. The van der Waals surface area contributed by atoms with Gasteiger partial charge < -0.3 is 10.0 Å². The molecule has 102 valence electrons. The first-order chi connectivity index (χ1) is 9.70. The summed E-state index contributed by atoms with van der Waals surface area (Å²) in [5.74, 6) is 0.357. The first-order valence-corrected chi connectivity index (χ1v) is 7.05. The molecule has 0 aliphatic carbocycles. The number of nitrogens with zero attached hydrogens (tertiary/aromatic N) is 2. The number of piperidine rings is 1. The summed E-state index contributed by atoms with van der Waals surface area (Å²) in [4.78, 5) is 2.23. The van der Waals surface area contributed by atoms with Crippen molar-refractivity contribution in [2.75, 3.05) is 18.0 Å². The van der Waals surface area contributed by atoms with Crippen molar-refractivity contribution in [2.24, 2.45) is 5.92 Å². The lowest BCUT2D eigenvalue weighted by molar-refractivity contribution is 0.103. The Balaban J connectivity index is 2.07. The standard InChI is InChI=1S/C17H18N2O/c1-12-8-9-19(11-17(12)20)16-7-6-13(10-18)14-4-2-3-5-15(14)16/h2-7,12,17,20H,8-9,11H2,1H3. The topological polar surface area (TPSA) is 47.3 Å². The minimum Gasteiger partial charge on any atom is -0.391 e. The van der Waals surface area contributed by atoms with E-state index in [0.29, 0.717) is 18.0 Å².